The van der Waals surface area contributed by atoms with Gasteiger partial charge in [-0.1, -0.05) is 31.0 Å². The number of hydrogen-bond donors (Lipinski definition) is 1. The van der Waals surface area contributed by atoms with Crippen LogP contribution in [-0.2, 0) is 0 Å². The van der Waals surface area contributed by atoms with Crippen molar-refractivity contribution in [3.63, 3.8) is 0 Å². The van der Waals surface area contributed by atoms with E-state index in [2.05, 4.69) is 42.6 Å². The van der Waals surface area contributed by atoms with Gasteiger partial charge in [0.25, 0.3) is 0 Å². The summed E-state index contributed by atoms with van der Waals surface area (Å²) in [4.78, 5) is 0. The van der Waals surface area contributed by atoms with Crippen LogP contribution >= 0.6 is 0 Å². The van der Waals surface area contributed by atoms with Gasteiger partial charge in [-0.15, -0.1) is 0 Å². The van der Waals surface area contributed by atoms with Crippen molar-refractivity contribution in [1.82, 2.24) is 0 Å². The Balaban J connectivity index is 1.67. The van der Waals surface area contributed by atoms with E-state index < -0.39 is 0 Å². The number of para-hydroxylation sites is 1. The largest absolute Gasteiger partial charge is 0.456 e. The van der Waals surface area contributed by atoms with Gasteiger partial charge in [-0.2, -0.15) is 0 Å². The Bertz CT molecular complexity index is 767. The summed E-state index contributed by atoms with van der Waals surface area (Å²) < 4.78 is 5.88. The number of benzene rings is 2. The third-order valence-corrected chi connectivity index (χ3v) is 4.88. The first-order valence-electron chi connectivity index (χ1n) is 7.99. The summed E-state index contributed by atoms with van der Waals surface area (Å²) in [6, 6.07) is 15.2. The number of hydrogen-bond acceptors (Lipinski definition) is 2. The van der Waals surface area contributed by atoms with Crippen LogP contribution in [0.5, 0.6) is 0 Å². The molecule has 108 valence electrons. The van der Waals surface area contributed by atoms with Gasteiger partial charge in [-0.3, -0.25) is 0 Å². The highest BCUT2D eigenvalue weighted by atomic mass is 16.3. The highest BCUT2D eigenvalue weighted by Gasteiger charge is 2.21. The van der Waals surface area contributed by atoms with E-state index in [9.17, 15) is 0 Å². The van der Waals surface area contributed by atoms with Crippen LogP contribution in [0.25, 0.3) is 21.9 Å². The van der Waals surface area contributed by atoms with Crippen molar-refractivity contribution in [3.05, 3.63) is 42.5 Å². The van der Waals surface area contributed by atoms with Gasteiger partial charge in [0, 0.05) is 22.5 Å². The molecular weight excluding hydrogens is 258 g/mol. The van der Waals surface area contributed by atoms with Gasteiger partial charge in [0.1, 0.15) is 11.2 Å². The van der Waals surface area contributed by atoms with Crippen LogP contribution in [-0.4, -0.2) is 6.04 Å². The fourth-order valence-corrected chi connectivity index (χ4v) is 3.65. The van der Waals surface area contributed by atoms with Crippen molar-refractivity contribution in [3.8, 4) is 0 Å². The van der Waals surface area contributed by atoms with Crippen LogP contribution in [0, 0.1) is 5.92 Å². The minimum Gasteiger partial charge on any atom is -0.456 e. The Morgan fingerprint density at radius 3 is 2.62 bits per heavy atom. The van der Waals surface area contributed by atoms with E-state index >= 15 is 0 Å². The summed E-state index contributed by atoms with van der Waals surface area (Å²) in [6.07, 6.45) is 5.51. The van der Waals surface area contributed by atoms with Crippen LogP contribution < -0.4 is 5.32 Å². The molecule has 0 aliphatic heterocycles. The van der Waals surface area contributed by atoms with Crippen molar-refractivity contribution >= 4 is 27.6 Å². The fourth-order valence-electron chi connectivity index (χ4n) is 3.65. The molecule has 0 saturated heterocycles. The maximum atomic E-state index is 5.88. The number of fused-ring (bicyclic) bond motifs is 3. The molecule has 1 aliphatic carbocycles. The molecule has 1 atom stereocenters. The number of anilines is 1. The predicted molar refractivity (Wildman–Crippen MR) is 88.8 cm³/mol. The molecule has 1 N–H and O–H groups in total. The highest BCUT2D eigenvalue weighted by Crippen LogP contribution is 2.32. The van der Waals surface area contributed by atoms with Gasteiger partial charge in [0.05, 0.1) is 0 Å². The molecular formula is C19H21NO. The molecule has 0 bridgehead atoms. The van der Waals surface area contributed by atoms with Crippen molar-refractivity contribution in [2.75, 3.05) is 5.32 Å². The average molecular weight is 279 g/mol. The Morgan fingerprint density at radius 2 is 1.76 bits per heavy atom. The maximum Gasteiger partial charge on any atom is 0.135 e. The van der Waals surface area contributed by atoms with Gasteiger partial charge in [0.2, 0.25) is 0 Å². The Labute approximate surface area is 125 Å². The molecule has 1 unspecified atom stereocenters. The van der Waals surface area contributed by atoms with Crippen molar-refractivity contribution < 1.29 is 4.42 Å². The first kappa shape index (κ1) is 12.8. The van der Waals surface area contributed by atoms with Crippen molar-refractivity contribution in [2.24, 2.45) is 5.92 Å². The van der Waals surface area contributed by atoms with Gasteiger partial charge in [0.15, 0.2) is 0 Å². The van der Waals surface area contributed by atoms with E-state index in [1.54, 1.807) is 0 Å². The first-order chi connectivity index (χ1) is 10.3. The number of rotatable bonds is 3. The maximum absolute atomic E-state index is 5.88. The minimum atomic E-state index is 0.545. The third-order valence-electron chi connectivity index (χ3n) is 4.88. The summed E-state index contributed by atoms with van der Waals surface area (Å²) >= 11 is 0. The average Bonchev–Trinajstić information content (AvgIpc) is 3.14. The van der Waals surface area contributed by atoms with E-state index in [4.69, 9.17) is 4.42 Å². The molecule has 0 spiro atoms. The Morgan fingerprint density at radius 1 is 1.00 bits per heavy atom. The summed E-state index contributed by atoms with van der Waals surface area (Å²) in [5.74, 6) is 0.821. The lowest BCUT2D eigenvalue weighted by atomic mass is 9.99. The Hall–Kier alpha value is -1.96. The molecule has 0 radical (unpaired) electrons. The van der Waals surface area contributed by atoms with E-state index in [0.29, 0.717) is 6.04 Å². The molecule has 3 aromatic rings. The van der Waals surface area contributed by atoms with Crippen LogP contribution in [0.1, 0.15) is 32.6 Å². The second-order valence-electron chi connectivity index (χ2n) is 6.29. The van der Waals surface area contributed by atoms with Crippen molar-refractivity contribution in [2.45, 2.75) is 38.6 Å². The number of furan rings is 1. The lowest BCUT2D eigenvalue weighted by Crippen LogP contribution is -2.23. The smallest absolute Gasteiger partial charge is 0.135 e. The van der Waals surface area contributed by atoms with Gasteiger partial charge < -0.3 is 9.73 Å². The fraction of sp³-hybridized carbons (Fsp3) is 0.368. The Kier molecular flexibility index (Phi) is 3.10. The van der Waals surface area contributed by atoms with Gasteiger partial charge in [-0.05, 0) is 49.9 Å². The van der Waals surface area contributed by atoms with Crippen LogP contribution in [0.15, 0.2) is 46.9 Å². The molecule has 1 aliphatic rings. The molecule has 1 heterocycles. The monoisotopic (exact) mass is 279 g/mol. The molecule has 1 fully saturated rings. The molecule has 1 saturated carbocycles. The van der Waals surface area contributed by atoms with Gasteiger partial charge in [-0.25, -0.2) is 0 Å². The highest BCUT2D eigenvalue weighted by molar-refractivity contribution is 6.05. The standard InChI is InChI=1S/C19H21NO/c1-13(14-6-2-3-7-14)20-15-10-11-19-17(12-15)16-8-4-5-9-18(16)21-19/h4-5,8-14,20H,2-3,6-7H2,1H3. The molecule has 21 heavy (non-hydrogen) atoms. The summed E-state index contributed by atoms with van der Waals surface area (Å²) in [7, 11) is 0. The zero-order valence-corrected chi connectivity index (χ0v) is 12.4. The third kappa shape index (κ3) is 2.29. The molecule has 4 rings (SSSR count). The number of nitrogens with one attached hydrogen (secondary N) is 1. The summed E-state index contributed by atoms with van der Waals surface area (Å²) in [6.45, 7) is 2.31. The zero-order valence-electron chi connectivity index (χ0n) is 12.4. The van der Waals surface area contributed by atoms with Crippen LogP contribution in [0.2, 0.25) is 0 Å². The lowest BCUT2D eigenvalue weighted by Gasteiger charge is -2.21. The van der Waals surface area contributed by atoms with E-state index in [-0.39, 0.29) is 0 Å². The quantitative estimate of drug-likeness (QED) is 0.677. The second kappa shape index (κ2) is 5.10. The lowest BCUT2D eigenvalue weighted by molar-refractivity contribution is 0.482. The minimum absolute atomic E-state index is 0.545. The van der Waals surface area contributed by atoms with E-state index in [1.807, 2.05) is 12.1 Å². The first-order valence-corrected chi connectivity index (χ1v) is 7.99. The summed E-state index contributed by atoms with van der Waals surface area (Å²) in [5.41, 5.74) is 3.14. The molecule has 2 heteroatoms. The van der Waals surface area contributed by atoms with E-state index in [1.165, 1.54) is 42.1 Å². The predicted octanol–water partition coefficient (Wildman–Crippen LogP) is 5.58. The molecule has 2 nitrogen and oxygen atoms in total. The van der Waals surface area contributed by atoms with Crippen LogP contribution in [0.4, 0.5) is 5.69 Å². The van der Waals surface area contributed by atoms with E-state index in [0.717, 1.165) is 17.1 Å². The molecule has 2 aromatic carbocycles. The zero-order chi connectivity index (χ0) is 14.2. The van der Waals surface area contributed by atoms with Gasteiger partial charge >= 0.3 is 0 Å². The topological polar surface area (TPSA) is 25.2 Å². The van der Waals surface area contributed by atoms with Crippen molar-refractivity contribution in [1.29, 1.82) is 0 Å². The second-order valence-corrected chi connectivity index (χ2v) is 6.29. The molecule has 1 aromatic heterocycles. The summed E-state index contributed by atoms with van der Waals surface area (Å²) in [5, 5.41) is 6.09. The normalized spacial score (nSPS) is 17.6. The SMILES string of the molecule is CC(Nc1ccc2oc3ccccc3c2c1)C1CCCC1. The molecule has 0 amide bonds. The van der Waals surface area contributed by atoms with Crippen LogP contribution in [0.3, 0.4) is 0 Å².